The van der Waals surface area contributed by atoms with Crippen LogP contribution in [0.3, 0.4) is 0 Å². The van der Waals surface area contributed by atoms with E-state index in [1.165, 1.54) is 18.2 Å². The molecular formula is C11H11NO5. The zero-order valence-electron chi connectivity index (χ0n) is 8.96. The molecule has 0 fully saturated rings. The number of carbonyl (C=O) groups is 1. The van der Waals surface area contributed by atoms with Gasteiger partial charge in [0.1, 0.15) is 6.61 Å². The highest BCUT2D eigenvalue weighted by atomic mass is 16.6. The number of hydrogen-bond acceptors (Lipinski definition) is 5. The van der Waals surface area contributed by atoms with Crippen molar-refractivity contribution < 1.29 is 19.6 Å². The van der Waals surface area contributed by atoms with Crippen LogP contribution in [0.15, 0.2) is 30.9 Å². The summed E-state index contributed by atoms with van der Waals surface area (Å²) in [7, 11) is 0. The van der Waals surface area contributed by atoms with Crippen molar-refractivity contribution in [2.45, 2.75) is 6.61 Å². The van der Waals surface area contributed by atoms with Gasteiger partial charge in [0.05, 0.1) is 22.7 Å². The van der Waals surface area contributed by atoms with Crippen LogP contribution in [-0.2, 0) is 11.3 Å². The van der Waals surface area contributed by atoms with E-state index in [0.29, 0.717) is 0 Å². The fourth-order valence-electron chi connectivity index (χ4n) is 1.21. The average Bonchev–Trinajstić information content (AvgIpc) is 2.34. The minimum absolute atomic E-state index is 0.0361. The third-order valence-corrected chi connectivity index (χ3v) is 2.02. The number of nitrogens with zero attached hydrogens (tertiary/aromatic N) is 1. The Bertz CT molecular complexity index is 455. The summed E-state index contributed by atoms with van der Waals surface area (Å²) in [6.45, 7) is 2.96. The summed E-state index contributed by atoms with van der Waals surface area (Å²) in [6, 6.07) is 3.77. The van der Waals surface area contributed by atoms with Crippen molar-refractivity contribution >= 4 is 11.7 Å². The fraction of sp³-hybridized carbons (Fsp3) is 0.182. The monoisotopic (exact) mass is 237 g/mol. The Morgan fingerprint density at radius 3 is 2.82 bits per heavy atom. The zero-order chi connectivity index (χ0) is 12.8. The molecule has 0 atom stereocenters. The molecule has 17 heavy (non-hydrogen) atoms. The molecule has 0 aromatic heterocycles. The molecule has 0 saturated carbocycles. The zero-order valence-corrected chi connectivity index (χ0v) is 8.96. The van der Waals surface area contributed by atoms with Crippen molar-refractivity contribution in [2.75, 3.05) is 6.61 Å². The van der Waals surface area contributed by atoms with E-state index in [9.17, 15) is 14.9 Å². The Hall–Kier alpha value is -2.21. The predicted molar refractivity (Wildman–Crippen MR) is 59.5 cm³/mol. The van der Waals surface area contributed by atoms with E-state index < -0.39 is 17.5 Å². The third-order valence-electron chi connectivity index (χ3n) is 2.02. The summed E-state index contributed by atoms with van der Waals surface area (Å²) in [5, 5.41) is 19.6. The Labute approximate surface area is 97.3 Å². The third kappa shape index (κ3) is 3.12. The molecule has 0 heterocycles. The first-order chi connectivity index (χ1) is 8.10. The number of aliphatic hydroxyl groups excluding tert-OH is 1. The topological polar surface area (TPSA) is 89.7 Å². The van der Waals surface area contributed by atoms with Crippen molar-refractivity contribution in [3.63, 3.8) is 0 Å². The Kier molecular flexibility index (Phi) is 4.36. The lowest BCUT2D eigenvalue weighted by Crippen LogP contribution is -2.06. The smallest absolute Gasteiger partial charge is 0.338 e. The van der Waals surface area contributed by atoms with Gasteiger partial charge in [0.2, 0.25) is 0 Å². The van der Waals surface area contributed by atoms with E-state index in [0.717, 1.165) is 6.07 Å². The summed E-state index contributed by atoms with van der Waals surface area (Å²) in [5.41, 5.74) is -0.0911. The first kappa shape index (κ1) is 12.9. The van der Waals surface area contributed by atoms with Gasteiger partial charge >= 0.3 is 5.97 Å². The van der Waals surface area contributed by atoms with Gasteiger partial charge in [-0.25, -0.2) is 4.79 Å². The van der Waals surface area contributed by atoms with Gasteiger partial charge in [0.25, 0.3) is 5.69 Å². The fourth-order valence-corrected chi connectivity index (χ4v) is 1.21. The molecule has 0 aliphatic heterocycles. The van der Waals surface area contributed by atoms with Gasteiger partial charge in [0, 0.05) is 6.07 Å². The van der Waals surface area contributed by atoms with Gasteiger partial charge in [-0.1, -0.05) is 12.7 Å². The molecule has 0 spiro atoms. The Morgan fingerprint density at radius 1 is 1.59 bits per heavy atom. The maximum absolute atomic E-state index is 11.4. The lowest BCUT2D eigenvalue weighted by Gasteiger charge is -2.04. The molecule has 90 valence electrons. The van der Waals surface area contributed by atoms with Gasteiger partial charge in [-0.05, 0) is 12.1 Å². The second-order valence-corrected chi connectivity index (χ2v) is 3.15. The molecule has 1 aromatic carbocycles. The lowest BCUT2D eigenvalue weighted by atomic mass is 10.1. The first-order valence-corrected chi connectivity index (χ1v) is 4.76. The number of benzene rings is 1. The predicted octanol–water partition coefficient (Wildman–Crippen LogP) is 1.43. The van der Waals surface area contributed by atoms with Crippen LogP contribution in [0.5, 0.6) is 0 Å². The molecule has 0 aliphatic rings. The number of carbonyl (C=O) groups excluding carboxylic acids is 1. The molecule has 0 aliphatic carbocycles. The summed E-state index contributed by atoms with van der Waals surface area (Å²) >= 11 is 0. The molecule has 0 saturated heterocycles. The molecule has 6 nitrogen and oxygen atoms in total. The summed E-state index contributed by atoms with van der Waals surface area (Å²) in [4.78, 5) is 21.5. The van der Waals surface area contributed by atoms with Crippen molar-refractivity contribution in [3.05, 3.63) is 52.1 Å². The van der Waals surface area contributed by atoms with Gasteiger partial charge < -0.3 is 9.84 Å². The number of hydrogen-bond donors (Lipinski definition) is 1. The molecule has 0 radical (unpaired) electrons. The maximum Gasteiger partial charge on any atom is 0.338 e. The first-order valence-electron chi connectivity index (χ1n) is 4.76. The lowest BCUT2D eigenvalue weighted by molar-refractivity contribution is -0.385. The molecular weight excluding hydrogens is 226 g/mol. The van der Waals surface area contributed by atoms with Crippen molar-refractivity contribution in [1.82, 2.24) is 0 Å². The van der Waals surface area contributed by atoms with E-state index in [4.69, 9.17) is 9.84 Å². The quantitative estimate of drug-likeness (QED) is 0.362. The molecule has 0 unspecified atom stereocenters. The van der Waals surface area contributed by atoms with Crippen LogP contribution in [0.1, 0.15) is 15.9 Å². The second kappa shape index (κ2) is 5.76. The van der Waals surface area contributed by atoms with Crippen molar-refractivity contribution in [3.8, 4) is 0 Å². The molecule has 0 bridgehead atoms. The molecule has 6 heteroatoms. The van der Waals surface area contributed by atoms with Gasteiger partial charge in [-0.2, -0.15) is 0 Å². The molecule has 0 amide bonds. The number of rotatable bonds is 5. The van der Waals surface area contributed by atoms with E-state index >= 15 is 0 Å². The van der Waals surface area contributed by atoms with Gasteiger partial charge in [0.15, 0.2) is 0 Å². The van der Waals surface area contributed by atoms with E-state index in [2.05, 4.69) is 6.58 Å². The Morgan fingerprint density at radius 2 is 2.29 bits per heavy atom. The van der Waals surface area contributed by atoms with Crippen molar-refractivity contribution in [1.29, 1.82) is 0 Å². The highest BCUT2D eigenvalue weighted by molar-refractivity contribution is 5.90. The molecule has 1 rings (SSSR count). The van der Waals surface area contributed by atoms with Gasteiger partial charge in [-0.15, -0.1) is 0 Å². The summed E-state index contributed by atoms with van der Waals surface area (Å²) in [6.07, 6.45) is 1.40. The van der Waals surface area contributed by atoms with E-state index in [1.807, 2.05) is 0 Å². The number of aliphatic hydroxyl groups is 1. The van der Waals surface area contributed by atoms with Crippen LogP contribution >= 0.6 is 0 Å². The maximum atomic E-state index is 11.4. The minimum atomic E-state index is -0.669. The molecule has 1 aromatic rings. The second-order valence-electron chi connectivity index (χ2n) is 3.15. The highest BCUT2D eigenvalue weighted by Crippen LogP contribution is 2.20. The van der Waals surface area contributed by atoms with Gasteiger partial charge in [-0.3, -0.25) is 10.1 Å². The number of nitro benzene ring substituents is 1. The highest BCUT2D eigenvalue weighted by Gasteiger charge is 2.17. The minimum Gasteiger partial charge on any atom is -0.458 e. The number of ether oxygens (including phenoxy) is 1. The van der Waals surface area contributed by atoms with Crippen LogP contribution < -0.4 is 0 Å². The van der Waals surface area contributed by atoms with Crippen LogP contribution in [0.4, 0.5) is 5.69 Å². The van der Waals surface area contributed by atoms with Crippen LogP contribution in [0.25, 0.3) is 0 Å². The number of nitro groups is 1. The normalized spacial score (nSPS) is 9.71. The largest absolute Gasteiger partial charge is 0.458 e. The van der Waals surface area contributed by atoms with Crippen molar-refractivity contribution in [2.24, 2.45) is 0 Å². The van der Waals surface area contributed by atoms with E-state index in [1.54, 1.807) is 0 Å². The summed E-state index contributed by atoms with van der Waals surface area (Å²) in [5.74, 6) is -0.669. The van der Waals surface area contributed by atoms with E-state index in [-0.39, 0.29) is 23.4 Å². The molecule has 1 N–H and O–H groups in total. The van der Waals surface area contributed by atoms with Crippen LogP contribution in [0.2, 0.25) is 0 Å². The summed E-state index contributed by atoms with van der Waals surface area (Å²) < 4.78 is 4.74. The average molecular weight is 237 g/mol. The standard InChI is InChI=1S/C11H11NO5/c1-2-5-17-11(14)8-3-4-9(7-13)10(6-8)12(15)16/h2-4,6,13H,1,5,7H2. The Balaban J connectivity index is 3.03. The van der Waals surface area contributed by atoms with Crippen LogP contribution in [-0.4, -0.2) is 22.6 Å². The SMILES string of the molecule is C=CCOC(=O)c1ccc(CO)c([N+](=O)[O-])c1. The number of esters is 1. The van der Waals surface area contributed by atoms with Crippen LogP contribution in [0, 0.1) is 10.1 Å².